The highest BCUT2D eigenvalue weighted by Crippen LogP contribution is 2.33. The van der Waals surface area contributed by atoms with E-state index in [1.54, 1.807) is 43.0 Å². The second kappa shape index (κ2) is 6.31. The first kappa shape index (κ1) is 15.8. The molecule has 25 heavy (non-hydrogen) atoms. The fourth-order valence-electron chi connectivity index (χ4n) is 2.82. The van der Waals surface area contributed by atoms with Gasteiger partial charge in [-0.05, 0) is 29.8 Å². The van der Waals surface area contributed by atoms with Crippen molar-refractivity contribution in [2.75, 3.05) is 0 Å². The zero-order chi connectivity index (χ0) is 17.4. The minimum Gasteiger partial charge on any atom is -0.345 e. The molecule has 0 saturated heterocycles. The van der Waals surface area contributed by atoms with Crippen LogP contribution in [0, 0.1) is 0 Å². The molecule has 4 rings (SSSR count). The van der Waals surface area contributed by atoms with Crippen LogP contribution >= 0.6 is 23.2 Å². The van der Waals surface area contributed by atoms with Gasteiger partial charge in [0.05, 0.1) is 15.6 Å². The Hall–Kier alpha value is -2.69. The topological polar surface area (TPSA) is 58.6 Å². The van der Waals surface area contributed by atoms with E-state index in [1.165, 1.54) is 0 Å². The van der Waals surface area contributed by atoms with E-state index in [-0.39, 0.29) is 10.8 Å². The highest BCUT2D eigenvalue weighted by atomic mass is 35.5. The molecular formula is C19H11Cl2N3O. The monoisotopic (exact) mass is 367 g/mol. The van der Waals surface area contributed by atoms with Crippen LogP contribution in [0.25, 0.3) is 22.2 Å². The normalized spacial score (nSPS) is 11.0. The molecule has 0 saturated carbocycles. The maximum atomic E-state index is 13.1. The predicted molar refractivity (Wildman–Crippen MR) is 99.2 cm³/mol. The standard InChI is InChI=1S/C19H11Cl2N3O/c20-15-5-1-4-13(17(15)21)18(25)14-10-24-19-16(14)12(6-8-23-19)11-3-2-7-22-9-11/h1-10H,(H,23,24). The molecule has 1 N–H and O–H groups in total. The Labute approximate surface area is 153 Å². The number of halogens is 2. The van der Waals surface area contributed by atoms with Crippen molar-refractivity contribution in [3.05, 3.63) is 82.4 Å². The van der Waals surface area contributed by atoms with E-state index < -0.39 is 0 Å². The molecule has 3 heterocycles. The molecule has 3 aromatic heterocycles. The lowest BCUT2D eigenvalue weighted by Crippen LogP contribution is -2.02. The maximum absolute atomic E-state index is 13.1. The van der Waals surface area contributed by atoms with Crippen molar-refractivity contribution in [3.63, 3.8) is 0 Å². The number of rotatable bonds is 3. The molecule has 0 amide bonds. The van der Waals surface area contributed by atoms with Gasteiger partial charge < -0.3 is 4.98 Å². The number of carbonyl (C=O) groups is 1. The summed E-state index contributed by atoms with van der Waals surface area (Å²) in [6.45, 7) is 0. The van der Waals surface area contributed by atoms with E-state index in [0.29, 0.717) is 21.8 Å². The number of carbonyl (C=O) groups excluding carboxylic acids is 1. The number of pyridine rings is 2. The van der Waals surface area contributed by atoms with Crippen molar-refractivity contribution >= 4 is 40.0 Å². The summed E-state index contributed by atoms with van der Waals surface area (Å²) in [4.78, 5) is 24.6. The highest BCUT2D eigenvalue weighted by molar-refractivity contribution is 6.44. The average Bonchev–Trinajstić information content (AvgIpc) is 3.08. The van der Waals surface area contributed by atoms with Gasteiger partial charge in [-0.3, -0.25) is 9.78 Å². The lowest BCUT2D eigenvalue weighted by molar-refractivity contribution is 0.104. The van der Waals surface area contributed by atoms with Crippen molar-refractivity contribution in [1.29, 1.82) is 0 Å². The van der Waals surface area contributed by atoms with Gasteiger partial charge in [0.2, 0.25) is 0 Å². The van der Waals surface area contributed by atoms with Crippen molar-refractivity contribution < 1.29 is 4.79 Å². The molecule has 0 unspecified atom stereocenters. The van der Waals surface area contributed by atoms with Gasteiger partial charge in [-0.1, -0.05) is 35.3 Å². The maximum Gasteiger partial charge on any atom is 0.196 e. The Balaban J connectivity index is 1.95. The Morgan fingerprint density at radius 3 is 2.68 bits per heavy atom. The number of hydrogen-bond acceptors (Lipinski definition) is 3. The minimum atomic E-state index is -0.211. The van der Waals surface area contributed by atoms with Gasteiger partial charge in [0.25, 0.3) is 0 Å². The van der Waals surface area contributed by atoms with Crippen molar-refractivity contribution in [2.24, 2.45) is 0 Å². The van der Waals surface area contributed by atoms with Gasteiger partial charge in [0, 0.05) is 41.3 Å². The number of nitrogens with one attached hydrogen (secondary N) is 1. The summed E-state index contributed by atoms with van der Waals surface area (Å²) < 4.78 is 0. The van der Waals surface area contributed by atoms with E-state index in [4.69, 9.17) is 23.2 Å². The number of H-pyrrole nitrogens is 1. The zero-order valence-electron chi connectivity index (χ0n) is 12.8. The van der Waals surface area contributed by atoms with E-state index in [1.807, 2.05) is 18.2 Å². The van der Waals surface area contributed by atoms with Gasteiger partial charge in [0.1, 0.15) is 5.65 Å². The second-order valence-corrected chi connectivity index (χ2v) is 6.24. The van der Waals surface area contributed by atoms with E-state index in [0.717, 1.165) is 16.5 Å². The highest BCUT2D eigenvalue weighted by Gasteiger charge is 2.21. The van der Waals surface area contributed by atoms with Crippen LogP contribution in [0.4, 0.5) is 0 Å². The fourth-order valence-corrected chi connectivity index (χ4v) is 3.21. The lowest BCUT2D eigenvalue weighted by atomic mass is 9.98. The minimum absolute atomic E-state index is 0.211. The number of fused-ring (bicyclic) bond motifs is 1. The number of nitrogens with zero attached hydrogens (tertiary/aromatic N) is 2. The van der Waals surface area contributed by atoms with Gasteiger partial charge in [-0.2, -0.15) is 0 Å². The molecule has 0 spiro atoms. The van der Waals surface area contributed by atoms with Crippen LogP contribution in [0.1, 0.15) is 15.9 Å². The average molecular weight is 368 g/mol. The SMILES string of the molecule is O=C(c1cccc(Cl)c1Cl)c1c[nH]c2nccc(-c3cccnc3)c12. The molecule has 0 bridgehead atoms. The molecule has 0 radical (unpaired) electrons. The molecule has 4 nitrogen and oxygen atoms in total. The number of benzene rings is 1. The van der Waals surface area contributed by atoms with Crippen LogP contribution in [0.3, 0.4) is 0 Å². The lowest BCUT2D eigenvalue weighted by Gasteiger charge is -2.07. The van der Waals surface area contributed by atoms with Crippen LogP contribution in [-0.2, 0) is 0 Å². The van der Waals surface area contributed by atoms with Crippen molar-refractivity contribution in [2.45, 2.75) is 0 Å². The van der Waals surface area contributed by atoms with E-state index >= 15 is 0 Å². The summed E-state index contributed by atoms with van der Waals surface area (Å²) in [5.74, 6) is -0.211. The molecule has 4 aromatic rings. The quantitative estimate of drug-likeness (QED) is 0.508. The number of ketones is 1. The molecule has 6 heteroatoms. The number of aromatic amines is 1. The summed E-state index contributed by atoms with van der Waals surface area (Å²) in [7, 11) is 0. The van der Waals surface area contributed by atoms with Gasteiger partial charge in [-0.25, -0.2) is 4.98 Å². The van der Waals surface area contributed by atoms with Crippen LogP contribution in [-0.4, -0.2) is 20.7 Å². The molecule has 0 atom stereocenters. The first-order valence-electron chi connectivity index (χ1n) is 7.52. The van der Waals surface area contributed by atoms with Crippen LogP contribution in [0.15, 0.2) is 61.2 Å². The Bertz CT molecular complexity index is 1090. The summed E-state index contributed by atoms with van der Waals surface area (Å²) in [6.07, 6.45) is 6.80. The second-order valence-electron chi connectivity index (χ2n) is 5.46. The summed E-state index contributed by atoms with van der Waals surface area (Å²) in [6, 6.07) is 10.7. The zero-order valence-corrected chi connectivity index (χ0v) is 14.3. The van der Waals surface area contributed by atoms with Gasteiger partial charge >= 0.3 is 0 Å². The molecule has 0 aliphatic rings. The van der Waals surface area contributed by atoms with Crippen LogP contribution in [0.2, 0.25) is 10.0 Å². The third kappa shape index (κ3) is 2.69. The molecule has 122 valence electrons. The van der Waals surface area contributed by atoms with E-state index in [9.17, 15) is 4.79 Å². The third-order valence-electron chi connectivity index (χ3n) is 3.99. The molecule has 0 fully saturated rings. The first-order valence-corrected chi connectivity index (χ1v) is 8.27. The Kier molecular flexibility index (Phi) is 3.99. The largest absolute Gasteiger partial charge is 0.345 e. The van der Waals surface area contributed by atoms with Crippen molar-refractivity contribution in [1.82, 2.24) is 15.0 Å². The summed E-state index contributed by atoms with van der Waals surface area (Å²) >= 11 is 12.3. The smallest absolute Gasteiger partial charge is 0.196 e. The van der Waals surface area contributed by atoms with Crippen molar-refractivity contribution in [3.8, 4) is 11.1 Å². The molecule has 0 aliphatic carbocycles. The molecular weight excluding hydrogens is 357 g/mol. The summed E-state index contributed by atoms with van der Waals surface area (Å²) in [5.41, 5.74) is 3.26. The number of hydrogen-bond donors (Lipinski definition) is 1. The third-order valence-corrected chi connectivity index (χ3v) is 4.81. The van der Waals surface area contributed by atoms with E-state index in [2.05, 4.69) is 15.0 Å². The Morgan fingerprint density at radius 2 is 1.88 bits per heavy atom. The first-order chi connectivity index (χ1) is 12.2. The number of aromatic nitrogens is 3. The Morgan fingerprint density at radius 1 is 1.00 bits per heavy atom. The van der Waals surface area contributed by atoms with Gasteiger partial charge in [0.15, 0.2) is 5.78 Å². The van der Waals surface area contributed by atoms with Crippen LogP contribution < -0.4 is 0 Å². The predicted octanol–water partition coefficient (Wildman–Crippen LogP) is 5.16. The van der Waals surface area contributed by atoms with Crippen LogP contribution in [0.5, 0.6) is 0 Å². The molecule has 1 aromatic carbocycles. The molecule has 0 aliphatic heterocycles. The fraction of sp³-hybridized carbons (Fsp3) is 0. The summed E-state index contributed by atoms with van der Waals surface area (Å²) in [5, 5.41) is 1.32. The van der Waals surface area contributed by atoms with Gasteiger partial charge in [-0.15, -0.1) is 0 Å².